The second-order valence-electron chi connectivity index (χ2n) is 6.39. The van der Waals surface area contributed by atoms with E-state index in [4.69, 9.17) is 0 Å². The Labute approximate surface area is 182 Å². The molecule has 2 aromatic rings. The Balaban J connectivity index is 0.00000280. The molecule has 1 aromatic heterocycles. The van der Waals surface area contributed by atoms with Crippen molar-refractivity contribution in [1.82, 2.24) is 15.2 Å². The lowest BCUT2D eigenvalue weighted by Gasteiger charge is -2.37. The zero-order chi connectivity index (χ0) is 19.1. The first-order valence-electron chi connectivity index (χ1n) is 9.30. The van der Waals surface area contributed by atoms with Gasteiger partial charge in [0, 0.05) is 44.5 Å². The molecule has 8 heteroatoms. The Morgan fingerprint density at radius 1 is 1.18 bits per heavy atom. The average Bonchev–Trinajstić information content (AvgIpc) is 2.72. The summed E-state index contributed by atoms with van der Waals surface area (Å²) in [7, 11) is 0. The topological polar surface area (TPSA) is 64.0 Å². The highest BCUT2D eigenvalue weighted by Crippen LogP contribution is 2.17. The van der Waals surface area contributed by atoms with Gasteiger partial charge in [0.25, 0.3) is 0 Å². The Morgan fingerprint density at radius 3 is 2.54 bits per heavy atom. The van der Waals surface area contributed by atoms with Crippen LogP contribution in [0.3, 0.4) is 0 Å². The number of nitrogens with zero attached hydrogens (tertiary/aromatic N) is 4. The molecule has 152 valence electrons. The van der Waals surface area contributed by atoms with Crippen LogP contribution >= 0.6 is 24.0 Å². The minimum Gasteiger partial charge on any atom is -0.386 e. The van der Waals surface area contributed by atoms with Crippen molar-refractivity contribution in [3.05, 3.63) is 60.0 Å². The Morgan fingerprint density at radius 2 is 1.89 bits per heavy atom. The predicted molar refractivity (Wildman–Crippen MR) is 121 cm³/mol. The lowest BCUT2D eigenvalue weighted by Crippen LogP contribution is -2.52. The van der Waals surface area contributed by atoms with Crippen molar-refractivity contribution >= 4 is 35.8 Å². The van der Waals surface area contributed by atoms with Gasteiger partial charge in [0.15, 0.2) is 5.96 Å². The quantitative estimate of drug-likeness (QED) is 0.377. The van der Waals surface area contributed by atoms with Gasteiger partial charge in [-0.3, -0.25) is 4.99 Å². The molecule has 1 atom stereocenters. The first kappa shape index (κ1) is 22.4. The van der Waals surface area contributed by atoms with E-state index in [1.807, 2.05) is 25.1 Å². The van der Waals surface area contributed by atoms with Gasteiger partial charge in [-0.05, 0) is 25.1 Å². The predicted octanol–water partition coefficient (Wildman–Crippen LogP) is 2.66. The largest absolute Gasteiger partial charge is 0.386 e. The van der Waals surface area contributed by atoms with E-state index in [1.54, 1.807) is 24.4 Å². The molecule has 1 aromatic carbocycles. The maximum Gasteiger partial charge on any atom is 0.194 e. The second kappa shape index (κ2) is 11.2. The zero-order valence-electron chi connectivity index (χ0n) is 16.0. The molecule has 1 fully saturated rings. The Bertz CT molecular complexity index is 753. The molecule has 2 heterocycles. The highest BCUT2D eigenvalue weighted by molar-refractivity contribution is 14.0. The molecule has 0 aliphatic carbocycles. The molecular weight excluding hydrogens is 472 g/mol. The normalized spacial score (nSPS) is 15.8. The minimum atomic E-state index is -0.963. The number of aliphatic hydroxyl groups excluding tert-OH is 1. The van der Waals surface area contributed by atoms with Gasteiger partial charge in [0.2, 0.25) is 0 Å². The van der Waals surface area contributed by atoms with Gasteiger partial charge < -0.3 is 20.2 Å². The molecule has 28 heavy (non-hydrogen) atoms. The number of guanidine groups is 1. The molecule has 1 aliphatic rings. The summed E-state index contributed by atoms with van der Waals surface area (Å²) in [4.78, 5) is 13.3. The van der Waals surface area contributed by atoms with Crippen LogP contribution in [-0.4, -0.2) is 60.2 Å². The molecule has 6 nitrogen and oxygen atoms in total. The molecule has 2 N–H and O–H groups in total. The lowest BCUT2D eigenvalue weighted by atomic mass is 10.1. The van der Waals surface area contributed by atoms with Gasteiger partial charge >= 0.3 is 0 Å². The van der Waals surface area contributed by atoms with Gasteiger partial charge in [-0.2, -0.15) is 0 Å². The fourth-order valence-electron chi connectivity index (χ4n) is 3.13. The van der Waals surface area contributed by atoms with E-state index in [9.17, 15) is 9.50 Å². The fraction of sp³-hybridized carbons (Fsp3) is 0.400. The molecule has 0 saturated carbocycles. The van der Waals surface area contributed by atoms with Crippen LogP contribution in [0, 0.1) is 5.82 Å². The van der Waals surface area contributed by atoms with Gasteiger partial charge in [-0.15, -0.1) is 24.0 Å². The van der Waals surface area contributed by atoms with Gasteiger partial charge in [-0.1, -0.05) is 24.3 Å². The third-order valence-electron chi connectivity index (χ3n) is 4.57. The Kier molecular flexibility index (Phi) is 8.91. The fourth-order valence-corrected chi connectivity index (χ4v) is 3.13. The van der Waals surface area contributed by atoms with Gasteiger partial charge in [-0.25, -0.2) is 9.37 Å². The number of aliphatic hydroxyl groups is 1. The number of aliphatic imine (C=N–C) groups is 1. The number of halogens is 2. The van der Waals surface area contributed by atoms with E-state index in [0.717, 1.165) is 44.5 Å². The molecule has 1 saturated heterocycles. The summed E-state index contributed by atoms with van der Waals surface area (Å²) in [6, 6.07) is 12.2. The molecule has 0 bridgehead atoms. The number of hydrogen-bond acceptors (Lipinski definition) is 4. The molecule has 0 radical (unpaired) electrons. The van der Waals surface area contributed by atoms with Crippen LogP contribution in [0.4, 0.5) is 10.2 Å². The van der Waals surface area contributed by atoms with E-state index in [2.05, 4.69) is 25.1 Å². The van der Waals surface area contributed by atoms with Crippen molar-refractivity contribution in [2.75, 3.05) is 44.2 Å². The second-order valence-corrected chi connectivity index (χ2v) is 6.39. The molecule has 0 amide bonds. The molecule has 1 aliphatic heterocycles. The first-order valence-corrected chi connectivity index (χ1v) is 9.30. The van der Waals surface area contributed by atoms with Crippen molar-refractivity contribution in [2.45, 2.75) is 13.0 Å². The number of aromatic nitrogens is 1. The summed E-state index contributed by atoms with van der Waals surface area (Å²) in [6.45, 7) is 6.15. The maximum absolute atomic E-state index is 13.8. The summed E-state index contributed by atoms with van der Waals surface area (Å²) in [6.07, 6.45) is 0.840. The maximum atomic E-state index is 13.8. The Hall–Kier alpha value is -1.94. The number of benzene rings is 1. The lowest BCUT2D eigenvalue weighted by molar-refractivity contribution is 0.181. The number of nitrogens with one attached hydrogen (secondary N) is 1. The van der Waals surface area contributed by atoms with E-state index >= 15 is 0 Å². The zero-order valence-corrected chi connectivity index (χ0v) is 18.3. The van der Waals surface area contributed by atoms with Crippen LogP contribution in [0.1, 0.15) is 18.6 Å². The SMILES string of the molecule is CCNC(=NCC(O)c1ccccc1F)N1CCN(c2ccccn2)CC1.I. The third kappa shape index (κ3) is 5.78. The van der Waals surface area contributed by atoms with Crippen LogP contribution in [0.15, 0.2) is 53.7 Å². The molecule has 1 unspecified atom stereocenters. The van der Waals surface area contributed by atoms with E-state index in [0.29, 0.717) is 0 Å². The molecular formula is C20H27FIN5O. The summed E-state index contributed by atoms with van der Waals surface area (Å²) in [5, 5.41) is 13.6. The number of piperazine rings is 1. The van der Waals surface area contributed by atoms with Gasteiger partial charge in [0.05, 0.1) is 6.54 Å². The smallest absolute Gasteiger partial charge is 0.194 e. The van der Waals surface area contributed by atoms with Crippen LogP contribution in [0.5, 0.6) is 0 Å². The monoisotopic (exact) mass is 499 g/mol. The van der Waals surface area contributed by atoms with Crippen LogP contribution in [0.2, 0.25) is 0 Å². The molecule has 3 rings (SSSR count). The van der Waals surface area contributed by atoms with E-state index < -0.39 is 11.9 Å². The van der Waals surface area contributed by atoms with Crippen molar-refractivity contribution < 1.29 is 9.50 Å². The summed E-state index contributed by atoms with van der Waals surface area (Å²) in [5.41, 5.74) is 0.275. The van der Waals surface area contributed by atoms with E-state index in [-0.39, 0.29) is 36.1 Å². The van der Waals surface area contributed by atoms with Crippen molar-refractivity contribution in [3.8, 4) is 0 Å². The van der Waals surface area contributed by atoms with Crippen LogP contribution in [0.25, 0.3) is 0 Å². The average molecular weight is 499 g/mol. The number of hydrogen-bond donors (Lipinski definition) is 2. The number of anilines is 1. The number of pyridine rings is 1. The van der Waals surface area contributed by atoms with Crippen molar-refractivity contribution in [3.63, 3.8) is 0 Å². The van der Waals surface area contributed by atoms with Crippen LogP contribution in [-0.2, 0) is 0 Å². The number of rotatable bonds is 5. The standard InChI is InChI=1S/C20H26FN5O.HI/c1-2-22-20(24-15-18(27)16-7-3-4-8-17(16)21)26-13-11-25(12-14-26)19-9-5-6-10-23-19;/h3-10,18,27H,2,11-15H2,1H3,(H,22,24);1H. The third-order valence-corrected chi connectivity index (χ3v) is 4.57. The van der Waals surface area contributed by atoms with Crippen molar-refractivity contribution in [2.24, 2.45) is 4.99 Å². The van der Waals surface area contributed by atoms with E-state index in [1.165, 1.54) is 6.07 Å². The van der Waals surface area contributed by atoms with Crippen molar-refractivity contribution in [1.29, 1.82) is 0 Å². The highest BCUT2D eigenvalue weighted by Gasteiger charge is 2.21. The molecule has 0 spiro atoms. The highest BCUT2D eigenvalue weighted by atomic mass is 127. The van der Waals surface area contributed by atoms with Crippen LogP contribution < -0.4 is 10.2 Å². The van der Waals surface area contributed by atoms with Gasteiger partial charge in [0.1, 0.15) is 17.7 Å². The summed E-state index contributed by atoms with van der Waals surface area (Å²) < 4.78 is 13.8. The summed E-state index contributed by atoms with van der Waals surface area (Å²) in [5.74, 6) is 1.32. The summed E-state index contributed by atoms with van der Waals surface area (Å²) >= 11 is 0. The minimum absolute atomic E-state index is 0. The first-order chi connectivity index (χ1) is 13.2.